The Morgan fingerprint density at radius 1 is 1.55 bits per heavy atom. The molecule has 104 valence electrons. The Kier molecular flexibility index (Phi) is 3.11. The fraction of sp³-hybridized carbons (Fsp3) is 0.308. The molecule has 3 rings (SSSR count). The van der Waals surface area contributed by atoms with E-state index in [4.69, 9.17) is 4.74 Å². The van der Waals surface area contributed by atoms with E-state index in [0.717, 1.165) is 11.4 Å². The lowest BCUT2D eigenvalue weighted by molar-refractivity contribution is 0.0517. The lowest BCUT2D eigenvalue weighted by atomic mass is 10.2. The SMILES string of the molecule is CCOC(=O)c1nnn2c1C[C@H](O)Nc1ccccc1-2. The largest absolute Gasteiger partial charge is 0.461 e. The lowest BCUT2D eigenvalue weighted by Crippen LogP contribution is -2.21. The number of aliphatic hydroxyl groups is 1. The van der Waals surface area contributed by atoms with Gasteiger partial charge in [0.25, 0.3) is 0 Å². The van der Waals surface area contributed by atoms with E-state index in [-0.39, 0.29) is 18.7 Å². The molecule has 0 saturated heterocycles. The number of aliphatic hydroxyl groups excluding tert-OH is 1. The summed E-state index contributed by atoms with van der Waals surface area (Å²) in [5, 5.41) is 20.9. The van der Waals surface area contributed by atoms with Gasteiger partial charge in [-0.3, -0.25) is 0 Å². The van der Waals surface area contributed by atoms with Crippen LogP contribution in [0.4, 0.5) is 5.69 Å². The van der Waals surface area contributed by atoms with Crippen LogP contribution >= 0.6 is 0 Å². The number of hydrogen-bond acceptors (Lipinski definition) is 6. The highest BCUT2D eigenvalue weighted by atomic mass is 16.5. The highest BCUT2D eigenvalue weighted by Crippen LogP contribution is 2.26. The Bertz CT molecular complexity index is 653. The molecule has 1 aliphatic rings. The number of carbonyl (C=O) groups excluding carboxylic acids is 1. The van der Waals surface area contributed by atoms with E-state index in [2.05, 4.69) is 15.6 Å². The van der Waals surface area contributed by atoms with Crippen LogP contribution in [-0.4, -0.2) is 38.9 Å². The lowest BCUT2D eigenvalue weighted by Gasteiger charge is -2.11. The summed E-state index contributed by atoms with van der Waals surface area (Å²) in [6.45, 7) is 1.99. The van der Waals surface area contributed by atoms with Crippen LogP contribution in [0, 0.1) is 0 Å². The van der Waals surface area contributed by atoms with Gasteiger partial charge in [-0.15, -0.1) is 5.10 Å². The molecule has 1 aliphatic heterocycles. The van der Waals surface area contributed by atoms with Crippen molar-refractivity contribution in [3.63, 3.8) is 0 Å². The molecule has 0 spiro atoms. The van der Waals surface area contributed by atoms with Crippen LogP contribution in [0.3, 0.4) is 0 Å². The average molecular weight is 274 g/mol. The zero-order valence-corrected chi connectivity index (χ0v) is 10.9. The summed E-state index contributed by atoms with van der Waals surface area (Å²) in [7, 11) is 0. The predicted molar refractivity (Wildman–Crippen MR) is 70.6 cm³/mol. The quantitative estimate of drug-likeness (QED) is 0.785. The van der Waals surface area contributed by atoms with Gasteiger partial charge in [-0.2, -0.15) is 0 Å². The normalized spacial score (nSPS) is 16.6. The van der Waals surface area contributed by atoms with E-state index in [1.165, 1.54) is 0 Å². The number of benzene rings is 1. The molecular formula is C13H14N4O3. The first kappa shape index (κ1) is 12.6. The molecule has 0 saturated carbocycles. The summed E-state index contributed by atoms with van der Waals surface area (Å²) in [5.74, 6) is -0.527. The molecule has 20 heavy (non-hydrogen) atoms. The highest BCUT2D eigenvalue weighted by Gasteiger charge is 2.27. The molecule has 2 aromatic rings. The molecule has 0 unspecified atom stereocenters. The summed E-state index contributed by atoms with van der Waals surface area (Å²) in [4.78, 5) is 11.9. The maximum absolute atomic E-state index is 11.9. The summed E-state index contributed by atoms with van der Waals surface area (Å²) in [5.41, 5.74) is 2.15. The Labute approximate surface area is 115 Å². The van der Waals surface area contributed by atoms with Crippen molar-refractivity contribution in [2.75, 3.05) is 11.9 Å². The number of carbonyl (C=O) groups is 1. The van der Waals surface area contributed by atoms with Crippen LogP contribution in [-0.2, 0) is 11.2 Å². The van der Waals surface area contributed by atoms with Gasteiger partial charge in [-0.05, 0) is 19.1 Å². The van der Waals surface area contributed by atoms with Crippen LogP contribution in [0.5, 0.6) is 0 Å². The summed E-state index contributed by atoms with van der Waals surface area (Å²) in [6.07, 6.45) is -0.598. The molecule has 1 atom stereocenters. The minimum absolute atomic E-state index is 0.143. The maximum atomic E-state index is 11.9. The first-order valence-corrected chi connectivity index (χ1v) is 6.36. The Hall–Kier alpha value is -2.41. The Morgan fingerprint density at radius 3 is 3.15 bits per heavy atom. The molecule has 1 aromatic heterocycles. The summed E-state index contributed by atoms with van der Waals surface area (Å²) in [6, 6.07) is 7.38. The number of nitrogens with zero attached hydrogens (tertiary/aromatic N) is 3. The summed E-state index contributed by atoms with van der Waals surface area (Å²) < 4.78 is 6.52. The van der Waals surface area contributed by atoms with E-state index >= 15 is 0 Å². The molecule has 2 N–H and O–H groups in total. The van der Waals surface area contributed by atoms with E-state index in [9.17, 15) is 9.90 Å². The van der Waals surface area contributed by atoms with Gasteiger partial charge in [0.15, 0.2) is 5.69 Å². The number of ether oxygens (including phenoxy) is 1. The molecule has 0 bridgehead atoms. The predicted octanol–water partition coefficient (Wildman–Crippen LogP) is 0.730. The number of nitrogens with one attached hydrogen (secondary N) is 1. The molecule has 1 aromatic carbocycles. The number of anilines is 1. The highest BCUT2D eigenvalue weighted by molar-refractivity contribution is 5.88. The average Bonchev–Trinajstić information content (AvgIpc) is 2.77. The Morgan fingerprint density at radius 2 is 2.35 bits per heavy atom. The van der Waals surface area contributed by atoms with Crippen molar-refractivity contribution < 1.29 is 14.6 Å². The van der Waals surface area contributed by atoms with Crippen LogP contribution in [0.15, 0.2) is 24.3 Å². The Balaban J connectivity index is 2.13. The van der Waals surface area contributed by atoms with Crippen LogP contribution in [0.2, 0.25) is 0 Å². The van der Waals surface area contributed by atoms with Gasteiger partial charge in [-0.1, -0.05) is 17.3 Å². The van der Waals surface area contributed by atoms with Crippen molar-refractivity contribution in [2.24, 2.45) is 0 Å². The van der Waals surface area contributed by atoms with Crippen LogP contribution in [0.25, 0.3) is 5.69 Å². The van der Waals surface area contributed by atoms with Gasteiger partial charge in [-0.25, -0.2) is 9.48 Å². The van der Waals surface area contributed by atoms with E-state index in [0.29, 0.717) is 5.69 Å². The van der Waals surface area contributed by atoms with Gasteiger partial charge in [0.2, 0.25) is 0 Å². The number of rotatable bonds is 2. The first-order valence-electron chi connectivity index (χ1n) is 6.36. The van der Waals surface area contributed by atoms with E-state index < -0.39 is 12.2 Å². The van der Waals surface area contributed by atoms with Gasteiger partial charge >= 0.3 is 5.97 Å². The third kappa shape index (κ3) is 2.01. The van der Waals surface area contributed by atoms with E-state index in [1.807, 2.05) is 24.3 Å². The van der Waals surface area contributed by atoms with Crippen molar-refractivity contribution in [1.82, 2.24) is 15.0 Å². The van der Waals surface area contributed by atoms with Gasteiger partial charge < -0.3 is 15.2 Å². The molecule has 0 fully saturated rings. The fourth-order valence-corrected chi connectivity index (χ4v) is 2.23. The van der Waals surface area contributed by atoms with Crippen LogP contribution < -0.4 is 5.32 Å². The number of para-hydroxylation sites is 2. The third-order valence-electron chi connectivity index (χ3n) is 3.07. The van der Waals surface area contributed by atoms with E-state index in [1.54, 1.807) is 11.6 Å². The number of hydrogen-bond donors (Lipinski definition) is 2. The monoisotopic (exact) mass is 274 g/mol. The second-order valence-electron chi connectivity index (χ2n) is 4.40. The molecule has 7 heteroatoms. The van der Waals surface area contributed by atoms with Crippen molar-refractivity contribution in [3.8, 4) is 5.69 Å². The fourth-order valence-electron chi connectivity index (χ4n) is 2.23. The minimum atomic E-state index is -0.816. The maximum Gasteiger partial charge on any atom is 0.360 e. The van der Waals surface area contributed by atoms with Crippen molar-refractivity contribution >= 4 is 11.7 Å². The molecule has 0 amide bonds. The molecule has 7 nitrogen and oxygen atoms in total. The van der Waals surface area contributed by atoms with Gasteiger partial charge in [0, 0.05) is 6.42 Å². The molecule has 0 aliphatic carbocycles. The standard InChI is InChI=1S/C13H14N4O3/c1-2-20-13(19)12-10-7-11(18)14-8-5-3-4-6-9(8)17(10)16-15-12/h3-6,11,14,18H,2,7H2,1H3/t11-/m0/s1. The number of fused-ring (bicyclic) bond motifs is 3. The van der Waals surface area contributed by atoms with Crippen molar-refractivity contribution in [2.45, 2.75) is 19.6 Å². The number of esters is 1. The first-order chi connectivity index (χ1) is 9.70. The van der Waals surface area contributed by atoms with Crippen molar-refractivity contribution in [1.29, 1.82) is 0 Å². The minimum Gasteiger partial charge on any atom is -0.461 e. The topological polar surface area (TPSA) is 89.3 Å². The molecule has 2 heterocycles. The van der Waals surface area contributed by atoms with Gasteiger partial charge in [0.1, 0.15) is 6.23 Å². The zero-order chi connectivity index (χ0) is 14.1. The number of aromatic nitrogens is 3. The summed E-state index contributed by atoms with van der Waals surface area (Å²) >= 11 is 0. The zero-order valence-electron chi connectivity index (χ0n) is 10.9. The van der Waals surface area contributed by atoms with Crippen molar-refractivity contribution in [3.05, 3.63) is 35.7 Å². The van der Waals surface area contributed by atoms with Crippen LogP contribution in [0.1, 0.15) is 23.1 Å². The smallest absolute Gasteiger partial charge is 0.360 e. The molecular weight excluding hydrogens is 260 g/mol. The molecule has 0 radical (unpaired) electrons. The third-order valence-corrected chi connectivity index (χ3v) is 3.07. The second-order valence-corrected chi connectivity index (χ2v) is 4.40. The van der Waals surface area contributed by atoms with Gasteiger partial charge in [0.05, 0.1) is 23.7 Å². The second kappa shape index (κ2) is 4.93.